The monoisotopic (exact) mass is 360 g/mol. The molecule has 1 atom stereocenters. The van der Waals surface area contributed by atoms with E-state index in [1.807, 2.05) is 0 Å². The van der Waals surface area contributed by atoms with E-state index in [-0.39, 0.29) is 0 Å². The van der Waals surface area contributed by atoms with Crippen LogP contribution in [0.1, 0.15) is 98.1 Å². The van der Waals surface area contributed by atoms with Gasteiger partial charge in [0.15, 0.2) is 0 Å². The summed E-state index contributed by atoms with van der Waals surface area (Å²) in [6, 6.07) is 9.83. The van der Waals surface area contributed by atoms with Crippen LogP contribution < -0.4 is 0 Å². The number of benzene rings is 2. The third-order valence-electron chi connectivity index (χ3n) is 7.45. The Labute approximate surface area is 166 Å². The lowest BCUT2D eigenvalue weighted by molar-refractivity contribution is 0.387. The van der Waals surface area contributed by atoms with E-state index in [1.54, 1.807) is 27.8 Å². The Morgan fingerprint density at radius 2 is 1.56 bits per heavy atom. The number of unbranched alkanes of at least 4 members (excludes halogenated alkanes) is 5. The first-order valence-electron chi connectivity index (χ1n) is 11.3. The van der Waals surface area contributed by atoms with Crippen molar-refractivity contribution < 1.29 is 0 Å². The van der Waals surface area contributed by atoms with Gasteiger partial charge in [-0.2, -0.15) is 0 Å². The fourth-order valence-electron chi connectivity index (χ4n) is 5.83. The highest BCUT2D eigenvalue weighted by molar-refractivity contribution is 5.84. The van der Waals surface area contributed by atoms with Crippen LogP contribution in [-0.4, -0.2) is 0 Å². The van der Waals surface area contributed by atoms with E-state index >= 15 is 0 Å². The first kappa shape index (κ1) is 18.8. The van der Waals surface area contributed by atoms with Crippen molar-refractivity contribution in [1.82, 2.24) is 0 Å². The first-order valence-corrected chi connectivity index (χ1v) is 11.3. The molecule has 1 unspecified atom stereocenters. The number of rotatable bonds is 7. The standard InChI is InChI=1S/C27H36/c1-5-6-7-8-9-10-15-27-16-11-12-22-19(2)13-14-23(26(22)27)24-17-20(3)21(4)18-25(24)27/h13-14,17-18H,5-12,15-16H2,1-4H3. The molecule has 0 amide bonds. The van der Waals surface area contributed by atoms with Crippen LogP contribution in [-0.2, 0) is 11.8 Å². The second-order valence-electron chi connectivity index (χ2n) is 9.22. The van der Waals surface area contributed by atoms with Crippen LogP contribution in [0.3, 0.4) is 0 Å². The molecule has 0 aromatic heterocycles. The average Bonchev–Trinajstić information content (AvgIpc) is 2.92. The molecule has 2 aliphatic rings. The maximum absolute atomic E-state index is 2.55. The summed E-state index contributed by atoms with van der Waals surface area (Å²) in [6.07, 6.45) is 13.7. The highest BCUT2D eigenvalue weighted by Crippen LogP contribution is 2.58. The number of fused-ring (bicyclic) bond motifs is 3. The van der Waals surface area contributed by atoms with Gasteiger partial charge in [-0.3, -0.25) is 0 Å². The SMILES string of the molecule is CCCCCCCCC12CCCc3c(C)ccc(c31)-c1cc(C)c(C)cc12. The van der Waals surface area contributed by atoms with Crippen molar-refractivity contribution in [3.8, 4) is 11.1 Å². The van der Waals surface area contributed by atoms with E-state index in [2.05, 4.69) is 52.0 Å². The molecule has 27 heavy (non-hydrogen) atoms. The second-order valence-corrected chi connectivity index (χ2v) is 9.22. The van der Waals surface area contributed by atoms with Gasteiger partial charge in [-0.1, -0.05) is 69.7 Å². The summed E-state index contributed by atoms with van der Waals surface area (Å²) in [5, 5.41) is 0. The molecule has 0 heteroatoms. The van der Waals surface area contributed by atoms with Gasteiger partial charge < -0.3 is 0 Å². The van der Waals surface area contributed by atoms with E-state index in [0.29, 0.717) is 5.41 Å². The lowest BCUT2D eigenvalue weighted by Gasteiger charge is -2.38. The summed E-state index contributed by atoms with van der Waals surface area (Å²) in [7, 11) is 0. The first-order chi connectivity index (χ1) is 13.1. The maximum atomic E-state index is 2.55. The summed E-state index contributed by atoms with van der Waals surface area (Å²) in [5.74, 6) is 0. The van der Waals surface area contributed by atoms with Crippen molar-refractivity contribution in [3.63, 3.8) is 0 Å². The summed E-state index contributed by atoms with van der Waals surface area (Å²) in [6.45, 7) is 9.21. The summed E-state index contributed by atoms with van der Waals surface area (Å²) in [5.41, 5.74) is 12.9. The molecule has 0 radical (unpaired) electrons. The van der Waals surface area contributed by atoms with Gasteiger partial charge in [0, 0.05) is 5.41 Å². The highest BCUT2D eigenvalue weighted by atomic mass is 14.5. The third-order valence-corrected chi connectivity index (χ3v) is 7.45. The maximum Gasteiger partial charge on any atom is 0.0218 e. The molecule has 144 valence electrons. The Morgan fingerprint density at radius 3 is 2.37 bits per heavy atom. The predicted molar refractivity (Wildman–Crippen MR) is 118 cm³/mol. The largest absolute Gasteiger partial charge is 0.0654 e. The molecular weight excluding hydrogens is 324 g/mol. The van der Waals surface area contributed by atoms with E-state index in [4.69, 9.17) is 0 Å². The molecule has 0 heterocycles. The molecule has 2 aromatic carbocycles. The fraction of sp³-hybridized carbons (Fsp3) is 0.556. The van der Waals surface area contributed by atoms with Gasteiger partial charge in [0.2, 0.25) is 0 Å². The van der Waals surface area contributed by atoms with Gasteiger partial charge in [0.1, 0.15) is 0 Å². The normalized spacial score (nSPS) is 19.9. The zero-order valence-corrected chi connectivity index (χ0v) is 17.9. The van der Waals surface area contributed by atoms with E-state index in [9.17, 15) is 0 Å². The second kappa shape index (κ2) is 7.46. The Balaban J connectivity index is 1.74. The molecule has 0 fully saturated rings. The van der Waals surface area contributed by atoms with Crippen molar-refractivity contribution in [2.24, 2.45) is 0 Å². The molecule has 2 aliphatic carbocycles. The van der Waals surface area contributed by atoms with Gasteiger partial charge in [-0.05, 0) is 91.0 Å². The van der Waals surface area contributed by atoms with Crippen LogP contribution in [0, 0.1) is 20.8 Å². The minimum atomic E-state index is 0.299. The number of hydrogen-bond acceptors (Lipinski definition) is 0. The van der Waals surface area contributed by atoms with E-state index < -0.39 is 0 Å². The molecule has 0 N–H and O–H groups in total. The molecule has 0 aliphatic heterocycles. The molecule has 0 saturated carbocycles. The van der Waals surface area contributed by atoms with Gasteiger partial charge in [0.25, 0.3) is 0 Å². The zero-order valence-electron chi connectivity index (χ0n) is 17.9. The lowest BCUT2D eigenvalue weighted by atomic mass is 9.65. The van der Waals surface area contributed by atoms with Gasteiger partial charge in [-0.15, -0.1) is 0 Å². The van der Waals surface area contributed by atoms with E-state index in [0.717, 1.165) is 0 Å². The Kier molecular flexibility index (Phi) is 5.19. The highest BCUT2D eigenvalue weighted by Gasteiger charge is 2.46. The molecule has 0 nitrogen and oxygen atoms in total. The minimum Gasteiger partial charge on any atom is -0.0654 e. The third kappa shape index (κ3) is 3.06. The Morgan fingerprint density at radius 1 is 0.815 bits per heavy atom. The number of aryl methyl sites for hydroxylation is 3. The molecular formula is C27H36. The molecule has 2 aromatic rings. The average molecular weight is 361 g/mol. The topological polar surface area (TPSA) is 0 Å². The van der Waals surface area contributed by atoms with Crippen molar-refractivity contribution in [2.75, 3.05) is 0 Å². The molecule has 0 spiro atoms. The smallest absolute Gasteiger partial charge is 0.0218 e. The van der Waals surface area contributed by atoms with E-state index in [1.165, 1.54) is 80.9 Å². The minimum absolute atomic E-state index is 0.299. The summed E-state index contributed by atoms with van der Waals surface area (Å²) >= 11 is 0. The van der Waals surface area contributed by atoms with Crippen LogP contribution in [0.5, 0.6) is 0 Å². The lowest BCUT2D eigenvalue weighted by Crippen LogP contribution is -2.30. The van der Waals surface area contributed by atoms with Crippen molar-refractivity contribution in [1.29, 1.82) is 0 Å². The van der Waals surface area contributed by atoms with Crippen LogP contribution >= 0.6 is 0 Å². The van der Waals surface area contributed by atoms with Crippen LogP contribution in [0.25, 0.3) is 11.1 Å². The van der Waals surface area contributed by atoms with Crippen molar-refractivity contribution in [2.45, 2.75) is 97.3 Å². The quantitative estimate of drug-likeness (QED) is 0.439. The van der Waals surface area contributed by atoms with Gasteiger partial charge in [-0.25, -0.2) is 0 Å². The van der Waals surface area contributed by atoms with Gasteiger partial charge >= 0.3 is 0 Å². The van der Waals surface area contributed by atoms with Crippen LogP contribution in [0.2, 0.25) is 0 Å². The van der Waals surface area contributed by atoms with Crippen LogP contribution in [0.4, 0.5) is 0 Å². The molecule has 4 rings (SSSR count). The molecule has 0 saturated heterocycles. The zero-order chi connectivity index (χ0) is 19.0. The Bertz CT molecular complexity index is 842. The predicted octanol–water partition coefficient (Wildman–Crippen LogP) is 7.97. The van der Waals surface area contributed by atoms with Gasteiger partial charge in [0.05, 0.1) is 0 Å². The van der Waals surface area contributed by atoms with Crippen molar-refractivity contribution in [3.05, 3.63) is 57.6 Å². The van der Waals surface area contributed by atoms with Crippen LogP contribution in [0.15, 0.2) is 24.3 Å². The van der Waals surface area contributed by atoms with Crippen molar-refractivity contribution >= 4 is 0 Å². The molecule has 0 bridgehead atoms. The Hall–Kier alpha value is -1.56. The fourth-order valence-corrected chi connectivity index (χ4v) is 5.83. The number of hydrogen-bond donors (Lipinski definition) is 0. The summed E-state index contributed by atoms with van der Waals surface area (Å²) < 4.78 is 0. The summed E-state index contributed by atoms with van der Waals surface area (Å²) in [4.78, 5) is 0.